The monoisotopic (exact) mass is 461 g/mol. The minimum Gasteiger partial charge on any atom is -0.493 e. The van der Waals surface area contributed by atoms with Gasteiger partial charge in [0.05, 0.1) is 32.4 Å². The van der Waals surface area contributed by atoms with Crippen LogP contribution in [0, 0.1) is 17.8 Å². The molecule has 2 fully saturated rings. The van der Waals surface area contributed by atoms with Crippen LogP contribution in [0.15, 0.2) is 41.2 Å². The normalized spacial score (nSPS) is 26.6. The molecule has 0 bridgehead atoms. The van der Waals surface area contributed by atoms with Gasteiger partial charge in [-0.25, -0.2) is 0 Å². The van der Waals surface area contributed by atoms with Crippen LogP contribution in [0.3, 0.4) is 0 Å². The Morgan fingerprint density at radius 1 is 0.971 bits per heavy atom. The fraction of sp³-hybridized carbons (Fsp3) is 0.464. The van der Waals surface area contributed by atoms with Crippen molar-refractivity contribution in [3.8, 4) is 23.0 Å². The summed E-state index contributed by atoms with van der Waals surface area (Å²) >= 11 is 0. The van der Waals surface area contributed by atoms with Crippen LogP contribution in [-0.4, -0.2) is 31.9 Å². The predicted molar refractivity (Wildman–Crippen MR) is 131 cm³/mol. The average molecular weight is 462 g/mol. The number of fused-ring (bicyclic) bond motifs is 5. The molecule has 0 spiro atoms. The van der Waals surface area contributed by atoms with E-state index in [-0.39, 0.29) is 28.9 Å². The first kappa shape index (κ1) is 21.4. The summed E-state index contributed by atoms with van der Waals surface area (Å²) in [5.74, 6) is 4.19. The van der Waals surface area contributed by atoms with Gasteiger partial charge in [-0.1, -0.05) is 12.1 Å². The molecule has 0 amide bonds. The van der Waals surface area contributed by atoms with Crippen LogP contribution < -0.4 is 24.5 Å². The van der Waals surface area contributed by atoms with Crippen molar-refractivity contribution in [2.45, 2.75) is 44.1 Å². The summed E-state index contributed by atoms with van der Waals surface area (Å²) in [5, 5.41) is 0.960. The molecule has 4 atom stereocenters. The number of hydrogen-bond donors (Lipinski definition) is 1. The van der Waals surface area contributed by atoms with E-state index < -0.39 is 0 Å². The minimum atomic E-state index is -0.376. The van der Waals surface area contributed by atoms with Crippen molar-refractivity contribution in [3.05, 3.63) is 57.9 Å². The molecule has 6 heteroatoms. The molecule has 0 radical (unpaired) electrons. The smallest absolute Gasteiger partial charge is 0.255 e. The number of rotatable bonds is 5. The third kappa shape index (κ3) is 2.90. The number of nitrogens with one attached hydrogen (secondary N) is 1. The summed E-state index contributed by atoms with van der Waals surface area (Å²) in [5.41, 5.74) is 2.29. The average Bonchev–Trinajstić information content (AvgIpc) is 3.63. The third-order valence-corrected chi connectivity index (χ3v) is 8.25. The largest absolute Gasteiger partial charge is 0.493 e. The van der Waals surface area contributed by atoms with Gasteiger partial charge in [0, 0.05) is 17.2 Å². The Labute approximate surface area is 199 Å². The molecule has 2 saturated carbocycles. The highest BCUT2D eigenvalue weighted by Gasteiger charge is 2.65. The fourth-order valence-electron chi connectivity index (χ4n) is 6.80. The predicted octanol–water partition coefficient (Wildman–Crippen LogP) is 5.25. The van der Waals surface area contributed by atoms with Crippen LogP contribution in [0.1, 0.15) is 49.7 Å². The molecule has 0 saturated heterocycles. The summed E-state index contributed by atoms with van der Waals surface area (Å²) in [6, 6.07) is 12.0. The molecule has 1 aromatic heterocycles. The number of pyridine rings is 1. The van der Waals surface area contributed by atoms with Crippen LogP contribution in [0.25, 0.3) is 10.9 Å². The first-order valence-electron chi connectivity index (χ1n) is 12.0. The second-order valence-electron chi connectivity index (χ2n) is 10.4. The van der Waals surface area contributed by atoms with E-state index in [1.165, 1.54) is 12.8 Å². The van der Waals surface area contributed by atoms with Crippen LogP contribution >= 0.6 is 0 Å². The van der Waals surface area contributed by atoms with Gasteiger partial charge in [0.2, 0.25) is 5.75 Å². The Kier molecular flexibility index (Phi) is 4.67. The van der Waals surface area contributed by atoms with Gasteiger partial charge in [0.25, 0.3) is 5.56 Å². The van der Waals surface area contributed by atoms with Crippen molar-refractivity contribution in [1.29, 1.82) is 0 Å². The maximum atomic E-state index is 13.5. The van der Waals surface area contributed by atoms with E-state index in [1.54, 1.807) is 21.3 Å². The highest BCUT2D eigenvalue weighted by molar-refractivity contribution is 5.87. The lowest BCUT2D eigenvalue weighted by molar-refractivity contribution is -0.0968. The zero-order valence-electron chi connectivity index (χ0n) is 20.3. The van der Waals surface area contributed by atoms with Crippen molar-refractivity contribution >= 4 is 10.9 Å². The quantitative estimate of drug-likeness (QED) is 0.562. The summed E-state index contributed by atoms with van der Waals surface area (Å²) < 4.78 is 23.6. The van der Waals surface area contributed by atoms with Gasteiger partial charge in [-0.2, -0.15) is 0 Å². The van der Waals surface area contributed by atoms with E-state index in [0.717, 1.165) is 27.8 Å². The molecular formula is C28H31NO5. The van der Waals surface area contributed by atoms with Crippen LogP contribution in [-0.2, 0) is 0 Å². The standard InChI is InChI=1S/C28H31NO5/c1-28(2)24-21(14-10-11-14)20(15-12-18(31-3)26(33-5)19(13-15)32-4)22(24)23-25(34-28)16-8-6-7-9-17(16)29-27(23)30/h6-9,12-14,20-22,24H,10-11H2,1-5H3,(H,29,30)/t20-,21-,22+,24+/m1/s1. The molecule has 1 N–H and O–H groups in total. The lowest BCUT2D eigenvalue weighted by Crippen LogP contribution is -2.60. The van der Waals surface area contributed by atoms with Gasteiger partial charge < -0.3 is 23.9 Å². The SMILES string of the molecule is COc1cc([C@H]2[C@H]3c4c(c5ccccc5[nH]c4=O)OC(C)(C)[C@H]3[C@@H]2C2CC2)cc(OC)c1OC. The summed E-state index contributed by atoms with van der Waals surface area (Å²) in [7, 11) is 4.91. The van der Waals surface area contributed by atoms with Crippen LogP contribution in [0.2, 0.25) is 0 Å². The maximum absolute atomic E-state index is 13.5. The van der Waals surface area contributed by atoms with Gasteiger partial charge in [-0.05, 0) is 74.3 Å². The number of aromatic amines is 1. The minimum absolute atomic E-state index is 0.0501. The van der Waals surface area contributed by atoms with E-state index in [2.05, 4.69) is 31.0 Å². The number of para-hydroxylation sites is 1. The van der Waals surface area contributed by atoms with Crippen LogP contribution in [0.5, 0.6) is 23.0 Å². The Morgan fingerprint density at radius 2 is 1.65 bits per heavy atom. The van der Waals surface area contributed by atoms with Gasteiger partial charge in [0.1, 0.15) is 11.4 Å². The van der Waals surface area contributed by atoms with Gasteiger partial charge in [-0.15, -0.1) is 0 Å². The summed E-state index contributed by atoms with van der Waals surface area (Å²) in [6.45, 7) is 4.37. The molecule has 2 aliphatic carbocycles. The number of hydrogen-bond acceptors (Lipinski definition) is 5. The van der Waals surface area contributed by atoms with Gasteiger partial charge in [0.15, 0.2) is 11.5 Å². The molecule has 2 aromatic carbocycles. The molecule has 3 aliphatic rings. The summed E-state index contributed by atoms with van der Waals surface area (Å²) in [4.78, 5) is 16.6. The highest BCUT2D eigenvalue weighted by atomic mass is 16.5. The highest BCUT2D eigenvalue weighted by Crippen LogP contribution is 2.70. The van der Waals surface area contributed by atoms with E-state index in [4.69, 9.17) is 18.9 Å². The third-order valence-electron chi connectivity index (χ3n) is 8.25. The summed E-state index contributed by atoms with van der Waals surface area (Å²) in [6.07, 6.45) is 2.46. The van der Waals surface area contributed by atoms with Crippen molar-refractivity contribution < 1.29 is 18.9 Å². The Balaban J connectivity index is 1.58. The number of benzene rings is 2. The number of H-pyrrole nitrogens is 1. The molecule has 0 unspecified atom stereocenters. The van der Waals surface area contributed by atoms with Crippen molar-refractivity contribution in [2.75, 3.05) is 21.3 Å². The zero-order chi connectivity index (χ0) is 23.8. The molecule has 3 aromatic rings. The Hall–Kier alpha value is -3.15. The van der Waals surface area contributed by atoms with Gasteiger partial charge >= 0.3 is 0 Å². The van der Waals surface area contributed by atoms with Crippen molar-refractivity contribution in [3.63, 3.8) is 0 Å². The second-order valence-corrected chi connectivity index (χ2v) is 10.4. The first-order chi connectivity index (χ1) is 16.4. The first-order valence-corrected chi connectivity index (χ1v) is 12.0. The van der Waals surface area contributed by atoms with E-state index in [0.29, 0.717) is 29.1 Å². The number of aromatic nitrogens is 1. The lowest BCUT2D eigenvalue weighted by atomic mass is 9.46. The van der Waals surface area contributed by atoms with E-state index in [9.17, 15) is 4.79 Å². The topological polar surface area (TPSA) is 69.8 Å². The van der Waals surface area contributed by atoms with Crippen molar-refractivity contribution in [2.24, 2.45) is 17.8 Å². The molecule has 34 heavy (non-hydrogen) atoms. The number of methoxy groups -OCH3 is 3. The molecule has 6 rings (SSSR count). The molecule has 178 valence electrons. The molecule has 6 nitrogen and oxygen atoms in total. The van der Waals surface area contributed by atoms with Crippen molar-refractivity contribution in [1.82, 2.24) is 4.98 Å². The van der Waals surface area contributed by atoms with E-state index >= 15 is 0 Å². The zero-order valence-corrected chi connectivity index (χ0v) is 20.3. The molecule has 1 aliphatic heterocycles. The maximum Gasteiger partial charge on any atom is 0.255 e. The van der Waals surface area contributed by atoms with E-state index in [1.807, 2.05) is 24.3 Å². The molecular weight excluding hydrogens is 430 g/mol. The van der Waals surface area contributed by atoms with Gasteiger partial charge in [-0.3, -0.25) is 4.79 Å². The molecule has 2 heterocycles. The Bertz CT molecular complexity index is 1310. The number of ether oxygens (including phenoxy) is 4. The Morgan fingerprint density at radius 3 is 2.26 bits per heavy atom. The fourth-order valence-corrected chi connectivity index (χ4v) is 6.80. The van der Waals surface area contributed by atoms with Crippen LogP contribution in [0.4, 0.5) is 0 Å². The second kappa shape index (κ2) is 7.42. The lowest BCUT2D eigenvalue weighted by Gasteiger charge is -2.61.